The van der Waals surface area contributed by atoms with Crippen LogP contribution in [0.2, 0.25) is 0 Å². The van der Waals surface area contributed by atoms with Gasteiger partial charge in [0.25, 0.3) is 0 Å². The van der Waals surface area contributed by atoms with Gasteiger partial charge in [0.05, 0.1) is 18.0 Å². The molecule has 0 bridgehead atoms. The maximum Gasteiger partial charge on any atom is 0.238 e. The van der Waals surface area contributed by atoms with Gasteiger partial charge in [-0.3, -0.25) is 4.79 Å². The summed E-state index contributed by atoms with van der Waals surface area (Å²) in [5, 5.41) is 2.86. The number of thioether (sulfide) groups is 1. The summed E-state index contributed by atoms with van der Waals surface area (Å²) >= 11 is 1.22. The zero-order valence-electron chi connectivity index (χ0n) is 12.9. The molecule has 0 spiro atoms. The minimum absolute atomic E-state index is 0.161. The van der Waals surface area contributed by atoms with Crippen LogP contribution in [-0.2, 0) is 4.79 Å². The van der Waals surface area contributed by atoms with Gasteiger partial charge in [0.1, 0.15) is 17.4 Å². The number of nitrogen functional groups attached to an aromatic ring is 2. The van der Waals surface area contributed by atoms with Crippen molar-refractivity contribution in [2.75, 3.05) is 23.9 Å². The number of rotatable bonds is 6. The van der Waals surface area contributed by atoms with Crippen LogP contribution in [0.1, 0.15) is 13.3 Å². The highest BCUT2D eigenvalue weighted by Gasteiger charge is 2.21. The van der Waals surface area contributed by atoms with Crippen molar-refractivity contribution in [1.82, 2.24) is 9.97 Å². The molecule has 7 nitrogen and oxygen atoms in total. The zero-order valence-corrected chi connectivity index (χ0v) is 13.8. The Bertz CT molecular complexity index is 675. The van der Waals surface area contributed by atoms with Crippen LogP contribution in [0.5, 0.6) is 5.75 Å². The number of aromatic nitrogens is 2. The van der Waals surface area contributed by atoms with E-state index >= 15 is 0 Å². The molecule has 5 N–H and O–H groups in total. The number of nitrogens with zero attached hydrogens (tertiary/aromatic N) is 2. The first kappa shape index (κ1) is 16.9. The number of anilines is 3. The highest BCUT2D eigenvalue weighted by molar-refractivity contribution is 8.00. The van der Waals surface area contributed by atoms with Crippen molar-refractivity contribution >= 4 is 35.0 Å². The Morgan fingerprint density at radius 3 is 2.57 bits per heavy atom. The van der Waals surface area contributed by atoms with Crippen molar-refractivity contribution in [1.29, 1.82) is 0 Å². The van der Waals surface area contributed by atoms with E-state index in [1.165, 1.54) is 17.8 Å². The molecule has 122 valence electrons. The van der Waals surface area contributed by atoms with Gasteiger partial charge in [-0.15, -0.1) is 0 Å². The molecule has 1 atom stereocenters. The van der Waals surface area contributed by atoms with Crippen LogP contribution in [-0.4, -0.2) is 28.2 Å². The van der Waals surface area contributed by atoms with Crippen LogP contribution in [0.4, 0.5) is 17.3 Å². The monoisotopic (exact) mass is 333 g/mol. The van der Waals surface area contributed by atoms with E-state index in [4.69, 9.17) is 16.2 Å². The summed E-state index contributed by atoms with van der Waals surface area (Å²) < 4.78 is 5.23. The van der Waals surface area contributed by atoms with E-state index in [1.807, 2.05) is 19.1 Å². The third kappa shape index (κ3) is 4.49. The normalized spacial score (nSPS) is 11.7. The zero-order chi connectivity index (χ0) is 16.8. The molecule has 0 saturated heterocycles. The molecule has 0 radical (unpaired) electrons. The van der Waals surface area contributed by atoms with Crippen molar-refractivity contribution in [3.63, 3.8) is 0 Å². The number of nitrogens with one attached hydrogen (secondary N) is 1. The predicted octanol–water partition coefficient (Wildman–Crippen LogP) is 2.16. The molecule has 0 aliphatic heterocycles. The standard InChI is InChI=1S/C15H19N5O2S/c1-3-11(23-15-19-12(16)8-13(17)20-15)14(21)18-9-6-4-5-7-10(9)22-2/h4-8,11H,3H2,1-2H3,(H,18,21)(H4,16,17,19,20)/t11-/m0/s1. The molecule has 2 rings (SSSR count). The molecule has 1 aromatic heterocycles. The molecule has 0 unspecified atom stereocenters. The summed E-state index contributed by atoms with van der Waals surface area (Å²) in [5.74, 6) is 0.997. The average molecular weight is 333 g/mol. The molecular weight excluding hydrogens is 314 g/mol. The predicted molar refractivity (Wildman–Crippen MR) is 92.4 cm³/mol. The molecule has 8 heteroatoms. The summed E-state index contributed by atoms with van der Waals surface area (Å²) in [4.78, 5) is 20.7. The Morgan fingerprint density at radius 2 is 1.96 bits per heavy atom. The van der Waals surface area contributed by atoms with Gasteiger partial charge >= 0.3 is 0 Å². The lowest BCUT2D eigenvalue weighted by Crippen LogP contribution is -2.25. The number of hydrogen-bond donors (Lipinski definition) is 3. The van der Waals surface area contributed by atoms with Gasteiger partial charge in [-0.25, -0.2) is 9.97 Å². The maximum atomic E-state index is 12.5. The summed E-state index contributed by atoms with van der Waals surface area (Å²) in [7, 11) is 1.56. The van der Waals surface area contributed by atoms with E-state index in [9.17, 15) is 4.79 Å². The van der Waals surface area contributed by atoms with Crippen LogP contribution in [0.3, 0.4) is 0 Å². The lowest BCUT2D eigenvalue weighted by Gasteiger charge is -2.15. The van der Waals surface area contributed by atoms with Crippen LogP contribution < -0.4 is 21.5 Å². The molecule has 0 fully saturated rings. The SMILES string of the molecule is CC[C@H](Sc1nc(N)cc(N)n1)C(=O)Nc1ccccc1OC. The molecule has 0 aliphatic rings. The van der Waals surface area contributed by atoms with Gasteiger partial charge in [-0.2, -0.15) is 0 Å². The van der Waals surface area contributed by atoms with Crippen molar-refractivity contribution in [3.8, 4) is 5.75 Å². The summed E-state index contributed by atoms with van der Waals surface area (Å²) in [5.41, 5.74) is 11.9. The maximum absolute atomic E-state index is 12.5. The van der Waals surface area contributed by atoms with Crippen LogP contribution in [0.15, 0.2) is 35.5 Å². The lowest BCUT2D eigenvalue weighted by molar-refractivity contribution is -0.115. The van der Waals surface area contributed by atoms with Crippen LogP contribution in [0, 0.1) is 0 Å². The fraction of sp³-hybridized carbons (Fsp3) is 0.267. The highest BCUT2D eigenvalue weighted by Crippen LogP contribution is 2.27. The van der Waals surface area contributed by atoms with E-state index in [0.29, 0.717) is 23.0 Å². The number of nitrogens with two attached hydrogens (primary N) is 2. The summed E-state index contributed by atoms with van der Waals surface area (Å²) in [6.07, 6.45) is 0.601. The van der Waals surface area contributed by atoms with Crippen LogP contribution in [0.25, 0.3) is 0 Å². The van der Waals surface area contributed by atoms with Gasteiger partial charge in [0, 0.05) is 6.07 Å². The van der Waals surface area contributed by atoms with Gasteiger partial charge in [-0.05, 0) is 18.6 Å². The van der Waals surface area contributed by atoms with Crippen molar-refractivity contribution < 1.29 is 9.53 Å². The number of hydrogen-bond acceptors (Lipinski definition) is 7. The third-order valence-corrected chi connectivity index (χ3v) is 4.25. The van der Waals surface area contributed by atoms with E-state index in [1.54, 1.807) is 19.2 Å². The second kappa shape index (κ2) is 7.68. The van der Waals surface area contributed by atoms with Crippen molar-refractivity contribution in [2.24, 2.45) is 0 Å². The van der Waals surface area contributed by atoms with Gasteiger partial charge in [0.2, 0.25) is 5.91 Å². The van der Waals surface area contributed by atoms with E-state index in [-0.39, 0.29) is 22.8 Å². The molecule has 1 aromatic carbocycles. The van der Waals surface area contributed by atoms with E-state index in [0.717, 1.165) is 0 Å². The second-order valence-corrected chi connectivity index (χ2v) is 5.87. The average Bonchev–Trinajstić information content (AvgIpc) is 2.52. The fourth-order valence-corrected chi connectivity index (χ4v) is 2.83. The molecular formula is C15H19N5O2S. The third-order valence-electron chi connectivity index (χ3n) is 3.02. The number of para-hydroxylation sites is 2. The van der Waals surface area contributed by atoms with Gasteiger partial charge in [0.15, 0.2) is 5.16 Å². The first-order valence-corrected chi connectivity index (χ1v) is 7.92. The molecule has 23 heavy (non-hydrogen) atoms. The Labute approximate surface area is 138 Å². The molecule has 1 heterocycles. The van der Waals surface area contributed by atoms with Crippen molar-refractivity contribution in [2.45, 2.75) is 23.8 Å². The smallest absolute Gasteiger partial charge is 0.238 e. The van der Waals surface area contributed by atoms with Gasteiger partial charge in [-0.1, -0.05) is 30.8 Å². The Hall–Kier alpha value is -2.48. The second-order valence-electron chi connectivity index (χ2n) is 4.70. The Morgan fingerprint density at radius 1 is 1.30 bits per heavy atom. The fourth-order valence-electron chi connectivity index (χ4n) is 1.93. The van der Waals surface area contributed by atoms with Gasteiger partial charge < -0.3 is 21.5 Å². The topological polar surface area (TPSA) is 116 Å². The minimum Gasteiger partial charge on any atom is -0.495 e. The quantitative estimate of drug-likeness (QED) is 0.548. The van der Waals surface area contributed by atoms with E-state index in [2.05, 4.69) is 15.3 Å². The lowest BCUT2D eigenvalue weighted by atomic mass is 10.2. The van der Waals surface area contributed by atoms with Crippen molar-refractivity contribution in [3.05, 3.63) is 30.3 Å². The molecule has 0 aliphatic carbocycles. The number of carbonyl (C=O) groups is 1. The number of carbonyl (C=O) groups excluding carboxylic acids is 1. The largest absolute Gasteiger partial charge is 0.495 e. The molecule has 1 amide bonds. The summed E-state index contributed by atoms with van der Waals surface area (Å²) in [6.45, 7) is 1.91. The molecule has 2 aromatic rings. The Kier molecular flexibility index (Phi) is 5.64. The highest BCUT2D eigenvalue weighted by atomic mass is 32.2. The first-order chi connectivity index (χ1) is 11.0. The number of amides is 1. The first-order valence-electron chi connectivity index (χ1n) is 7.04. The van der Waals surface area contributed by atoms with E-state index < -0.39 is 0 Å². The summed E-state index contributed by atoms with van der Waals surface area (Å²) in [6, 6.07) is 8.70. The number of ether oxygens (including phenoxy) is 1. The number of methoxy groups -OCH3 is 1. The molecule has 0 saturated carbocycles. The number of benzene rings is 1. The minimum atomic E-state index is -0.374. The Balaban J connectivity index is 2.12. The van der Waals surface area contributed by atoms with Crippen LogP contribution >= 0.6 is 11.8 Å².